The molecule has 6 heteroatoms. The molecule has 1 atom stereocenters. The number of nitrogens with one attached hydrogen (secondary N) is 2. The van der Waals surface area contributed by atoms with E-state index in [9.17, 15) is 0 Å². The number of nitrogens with zero attached hydrogens (tertiary/aromatic N) is 3. The van der Waals surface area contributed by atoms with Crippen LogP contribution in [-0.4, -0.2) is 40.9 Å². The highest BCUT2D eigenvalue weighted by atomic mass is 16.3. The second-order valence-corrected chi connectivity index (χ2v) is 5.11. The van der Waals surface area contributed by atoms with E-state index in [2.05, 4.69) is 32.3 Å². The molecule has 2 N–H and O–H groups in total. The Labute approximate surface area is 112 Å². The molecule has 0 aromatic carbocycles. The smallest absolute Gasteiger partial charge is 0.245 e. The van der Waals surface area contributed by atoms with E-state index in [4.69, 9.17) is 4.42 Å². The monoisotopic (exact) mass is 261 g/mol. The van der Waals surface area contributed by atoms with Gasteiger partial charge in [0.15, 0.2) is 5.82 Å². The molecule has 0 unspecified atom stereocenters. The van der Waals surface area contributed by atoms with E-state index in [0.29, 0.717) is 6.04 Å². The van der Waals surface area contributed by atoms with Crippen LogP contribution in [0.4, 0.5) is 5.95 Å². The van der Waals surface area contributed by atoms with E-state index in [0.717, 1.165) is 48.5 Å². The van der Waals surface area contributed by atoms with E-state index in [1.54, 1.807) is 0 Å². The first-order chi connectivity index (χ1) is 9.13. The lowest BCUT2D eigenvalue weighted by Gasteiger charge is -2.30. The van der Waals surface area contributed by atoms with Gasteiger partial charge in [0, 0.05) is 25.7 Å². The zero-order chi connectivity index (χ0) is 13.4. The molecule has 102 valence electrons. The number of hydrogen-bond acceptors (Lipinski definition) is 5. The fourth-order valence-corrected chi connectivity index (χ4v) is 2.49. The van der Waals surface area contributed by atoms with Crippen molar-refractivity contribution >= 4 is 5.95 Å². The zero-order valence-corrected chi connectivity index (χ0v) is 11.5. The molecular weight excluding hydrogens is 242 g/mol. The SMILES string of the molecule is Cc1cc(-c2nc(N3CCN[C@H](C)C3)n[nH]2)c(C)o1. The average Bonchev–Trinajstić information content (AvgIpc) is 2.96. The quantitative estimate of drug-likeness (QED) is 0.857. The number of anilines is 1. The van der Waals surface area contributed by atoms with Gasteiger partial charge in [-0.2, -0.15) is 4.98 Å². The van der Waals surface area contributed by atoms with Gasteiger partial charge >= 0.3 is 0 Å². The van der Waals surface area contributed by atoms with E-state index in [-0.39, 0.29) is 0 Å². The van der Waals surface area contributed by atoms with Crippen molar-refractivity contribution < 1.29 is 4.42 Å². The van der Waals surface area contributed by atoms with E-state index in [1.165, 1.54) is 0 Å². The minimum Gasteiger partial charge on any atom is -0.466 e. The molecule has 2 aromatic heterocycles. The summed E-state index contributed by atoms with van der Waals surface area (Å²) in [6.45, 7) is 8.88. The fraction of sp³-hybridized carbons (Fsp3) is 0.538. The number of aryl methyl sites for hydroxylation is 2. The molecule has 3 heterocycles. The molecule has 1 saturated heterocycles. The lowest BCUT2D eigenvalue weighted by Crippen LogP contribution is -2.49. The summed E-state index contributed by atoms with van der Waals surface area (Å²) in [5, 5.41) is 10.7. The van der Waals surface area contributed by atoms with Gasteiger partial charge in [-0.05, 0) is 26.8 Å². The van der Waals surface area contributed by atoms with Crippen LogP contribution in [0.2, 0.25) is 0 Å². The molecule has 0 bridgehead atoms. The van der Waals surface area contributed by atoms with Crippen molar-refractivity contribution in [2.24, 2.45) is 0 Å². The van der Waals surface area contributed by atoms with Crippen LogP contribution < -0.4 is 10.2 Å². The van der Waals surface area contributed by atoms with Crippen molar-refractivity contribution in [1.82, 2.24) is 20.5 Å². The molecule has 0 amide bonds. The summed E-state index contributed by atoms with van der Waals surface area (Å²) >= 11 is 0. The molecule has 6 nitrogen and oxygen atoms in total. The standard InChI is InChI=1S/C13H19N5O/c1-8-7-18(5-4-14-8)13-15-12(16-17-13)11-6-9(2)19-10(11)3/h6,8,14H,4-5,7H2,1-3H3,(H,15,16,17)/t8-/m1/s1. The summed E-state index contributed by atoms with van der Waals surface area (Å²) in [6, 6.07) is 2.45. The van der Waals surface area contributed by atoms with Gasteiger partial charge in [-0.15, -0.1) is 5.10 Å². The summed E-state index contributed by atoms with van der Waals surface area (Å²) in [5.41, 5.74) is 0.986. The molecule has 19 heavy (non-hydrogen) atoms. The Kier molecular flexibility index (Phi) is 3.02. The number of hydrogen-bond donors (Lipinski definition) is 2. The Balaban J connectivity index is 1.85. The Bertz CT molecular complexity index is 573. The van der Waals surface area contributed by atoms with E-state index < -0.39 is 0 Å². The first-order valence-corrected chi connectivity index (χ1v) is 6.61. The van der Waals surface area contributed by atoms with Crippen LogP contribution in [0.25, 0.3) is 11.4 Å². The van der Waals surface area contributed by atoms with Gasteiger partial charge in [0.05, 0.1) is 5.56 Å². The van der Waals surface area contributed by atoms with Gasteiger partial charge in [-0.3, -0.25) is 5.10 Å². The topological polar surface area (TPSA) is 70.0 Å². The predicted octanol–water partition coefficient (Wildman–Crippen LogP) is 1.48. The molecule has 1 aliphatic rings. The third-order valence-electron chi connectivity index (χ3n) is 3.42. The second kappa shape index (κ2) is 4.70. The third kappa shape index (κ3) is 2.35. The molecule has 0 spiro atoms. The minimum absolute atomic E-state index is 0.466. The maximum Gasteiger partial charge on any atom is 0.245 e. The summed E-state index contributed by atoms with van der Waals surface area (Å²) in [4.78, 5) is 6.78. The highest BCUT2D eigenvalue weighted by Gasteiger charge is 2.20. The predicted molar refractivity (Wildman–Crippen MR) is 73.2 cm³/mol. The van der Waals surface area contributed by atoms with Gasteiger partial charge in [-0.25, -0.2) is 0 Å². The summed E-state index contributed by atoms with van der Waals surface area (Å²) in [5.74, 6) is 3.30. The number of furan rings is 1. The molecule has 0 saturated carbocycles. The number of piperazine rings is 1. The number of rotatable bonds is 2. The van der Waals surface area contributed by atoms with Crippen LogP contribution in [0.15, 0.2) is 10.5 Å². The zero-order valence-electron chi connectivity index (χ0n) is 11.5. The Morgan fingerprint density at radius 1 is 1.42 bits per heavy atom. The van der Waals surface area contributed by atoms with Gasteiger partial charge in [0.2, 0.25) is 5.95 Å². The van der Waals surface area contributed by atoms with Crippen LogP contribution >= 0.6 is 0 Å². The minimum atomic E-state index is 0.466. The molecule has 2 aromatic rings. The maximum absolute atomic E-state index is 5.53. The molecular formula is C13H19N5O. The van der Waals surface area contributed by atoms with Crippen LogP contribution in [0.5, 0.6) is 0 Å². The normalized spacial score (nSPS) is 19.9. The molecule has 3 rings (SSSR count). The molecule has 0 aliphatic carbocycles. The van der Waals surface area contributed by atoms with E-state index >= 15 is 0 Å². The van der Waals surface area contributed by atoms with Crippen molar-refractivity contribution in [2.75, 3.05) is 24.5 Å². The van der Waals surface area contributed by atoms with Gasteiger partial charge in [0.1, 0.15) is 11.5 Å². The Hall–Kier alpha value is -1.82. The molecule has 1 fully saturated rings. The Morgan fingerprint density at radius 2 is 2.26 bits per heavy atom. The second-order valence-electron chi connectivity index (χ2n) is 5.11. The van der Waals surface area contributed by atoms with Gasteiger partial charge < -0.3 is 14.6 Å². The highest BCUT2D eigenvalue weighted by Crippen LogP contribution is 2.24. The van der Waals surface area contributed by atoms with E-state index in [1.807, 2.05) is 19.9 Å². The Morgan fingerprint density at radius 3 is 2.95 bits per heavy atom. The largest absolute Gasteiger partial charge is 0.466 e. The van der Waals surface area contributed by atoms with Crippen molar-refractivity contribution in [3.05, 3.63) is 17.6 Å². The van der Waals surface area contributed by atoms with Crippen molar-refractivity contribution in [1.29, 1.82) is 0 Å². The van der Waals surface area contributed by atoms with Crippen LogP contribution in [0.3, 0.4) is 0 Å². The van der Waals surface area contributed by atoms with Crippen LogP contribution in [0, 0.1) is 13.8 Å². The molecule has 0 radical (unpaired) electrons. The third-order valence-corrected chi connectivity index (χ3v) is 3.42. The van der Waals surface area contributed by atoms with Crippen LogP contribution in [-0.2, 0) is 0 Å². The lowest BCUT2D eigenvalue weighted by atomic mass is 10.2. The number of H-pyrrole nitrogens is 1. The highest BCUT2D eigenvalue weighted by molar-refractivity contribution is 5.59. The van der Waals surface area contributed by atoms with Gasteiger partial charge in [-0.1, -0.05) is 0 Å². The fourth-order valence-electron chi connectivity index (χ4n) is 2.49. The van der Waals surface area contributed by atoms with Crippen molar-refractivity contribution in [2.45, 2.75) is 26.8 Å². The van der Waals surface area contributed by atoms with Crippen LogP contribution in [0.1, 0.15) is 18.4 Å². The summed E-state index contributed by atoms with van der Waals surface area (Å²) in [6.07, 6.45) is 0. The number of aromatic amines is 1. The maximum atomic E-state index is 5.53. The van der Waals surface area contributed by atoms with Gasteiger partial charge in [0.25, 0.3) is 0 Å². The van der Waals surface area contributed by atoms with Crippen molar-refractivity contribution in [3.8, 4) is 11.4 Å². The first kappa shape index (κ1) is 12.2. The van der Waals surface area contributed by atoms with Crippen molar-refractivity contribution in [3.63, 3.8) is 0 Å². The lowest BCUT2D eigenvalue weighted by molar-refractivity contribution is 0.480. The summed E-state index contributed by atoms with van der Waals surface area (Å²) in [7, 11) is 0. The first-order valence-electron chi connectivity index (χ1n) is 6.61. The summed E-state index contributed by atoms with van der Waals surface area (Å²) < 4.78 is 5.53. The molecule has 1 aliphatic heterocycles. The number of aromatic nitrogens is 3. The average molecular weight is 261 g/mol.